The lowest BCUT2D eigenvalue weighted by Crippen LogP contribution is -2.21. The van der Waals surface area contributed by atoms with E-state index in [1.165, 1.54) is 6.07 Å². The van der Waals surface area contributed by atoms with Crippen LogP contribution < -0.4 is 14.9 Å². The summed E-state index contributed by atoms with van der Waals surface area (Å²) in [7, 11) is 0. The zero-order valence-electron chi connectivity index (χ0n) is 14.8. The minimum absolute atomic E-state index is 0.0337. The highest BCUT2D eigenvalue weighted by Gasteiger charge is 2.15. The Bertz CT molecular complexity index is 848. The zero-order valence-corrected chi connectivity index (χ0v) is 14.8. The molecule has 1 aromatic carbocycles. The quantitative estimate of drug-likeness (QED) is 0.862. The number of nitrogens with zero attached hydrogens (tertiary/aromatic N) is 1. The summed E-state index contributed by atoms with van der Waals surface area (Å²) in [5.41, 5.74) is 1.78. The number of ether oxygens (including phenoxy) is 3. The maximum absolute atomic E-state index is 11.7. The monoisotopic (exact) mass is 354 g/mol. The summed E-state index contributed by atoms with van der Waals surface area (Å²) in [5.74, 6) is 1.62. The van der Waals surface area contributed by atoms with Crippen molar-refractivity contribution in [1.29, 1.82) is 5.26 Å². The molecule has 3 rings (SSSR count). The van der Waals surface area contributed by atoms with E-state index in [4.69, 9.17) is 14.2 Å². The molecule has 1 saturated heterocycles. The number of hydrogen-bond acceptors (Lipinski definition) is 5. The number of aromatic amines is 1. The highest BCUT2D eigenvalue weighted by Crippen LogP contribution is 2.25. The highest BCUT2D eigenvalue weighted by molar-refractivity contribution is 5.44. The summed E-state index contributed by atoms with van der Waals surface area (Å²) in [4.78, 5) is 14.7. The zero-order chi connectivity index (χ0) is 18.4. The molecule has 0 radical (unpaired) electrons. The fraction of sp³-hybridized carbons (Fsp3) is 0.400. The van der Waals surface area contributed by atoms with Gasteiger partial charge in [-0.15, -0.1) is 0 Å². The Morgan fingerprint density at radius 2 is 1.96 bits per heavy atom. The summed E-state index contributed by atoms with van der Waals surface area (Å²) in [6.45, 7) is 4.12. The molecular formula is C20H22N2O4. The van der Waals surface area contributed by atoms with Gasteiger partial charge in [-0.2, -0.15) is 5.26 Å². The Kier molecular flexibility index (Phi) is 5.92. The van der Waals surface area contributed by atoms with Crippen LogP contribution >= 0.6 is 0 Å². The van der Waals surface area contributed by atoms with Gasteiger partial charge < -0.3 is 19.2 Å². The van der Waals surface area contributed by atoms with Crippen LogP contribution in [0, 0.1) is 24.2 Å². The van der Waals surface area contributed by atoms with Crippen molar-refractivity contribution in [3.63, 3.8) is 0 Å². The summed E-state index contributed by atoms with van der Waals surface area (Å²) in [6, 6.07) is 8.76. The Morgan fingerprint density at radius 1 is 1.23 bits per heavy atom. The van der Waals surface area contributed by atoms with Crippen LogP contribution in [0.3, 0.4) is 0 Å². The maximum Gasteiger partial charge on any atom is 0.184 e. The average molecular weight is 354 g/mol. The summed E-state index contributed by atoms with van der Waals surface area (Å²) < 4.78 is 17.0. The predicted octanol–water partition coefficient (Wildman–Crippen LogP) is 2.94. The molecule has 0 bridgehead atoms. The van der Waals surface area contributed by atoms with Crippen LogP contribution in [-0.2, 0) is 11.3 Å². The standard InChI is InChI=1S/C20H22N2O4/c1-14-19(22-5-2-20(14)23)13-26-18-9-16(11-21)8-17(10-18)25-12-15-3-6-24-7-4-15/h2,5,8-10,15H,3-4,6-7,12-13H2,1H3,(H,22,23). The van der Waals surface area contributed by atoms with Crippen LogP contribution in [0.25, 0.3) is 0 Å². The minimum Gasteiger partial charge on any atom is -0.493 e. The summed E-state index contributed by atoms with van der Waals surface area (Å²) in [5, 5.41) is 9.24. The van der Waals surface area contributed by atoms with E-state index in [9.17, 15) is 10.1 Å². The number of benzene rings is 1. The van der Waals surface area contributed by atoms with Crippen LogP contribution in [0.4, 0.5) is 0 Å². The number of rotatable bonds is 6. The van der Waals surface area contributed by atoms with Crippen LogP contribution in [0.5, 0.6) is 11.5 Å². The van der Waals surface area contributed by atoms with Crippen molar-refractivity contribution in [1.82, 2.24) is 4.98 Å². The SMILES string of the molecule is Cc1c(COc2cc(C#N)cc(OCC3CCOCC3)c2)[nH]ccc1=O. The third-order valence-electron chi connectivity index (χ3n) is 4.53. The Labute approximate surface area is 152 Å². The first-order valence-electron chi connectivity index (χ1n) is 8.71. The first-order valence-corrected chi connectivity index (χ1v) is 8.71. The van der Waals surface area contributed by atoms with E-state index in [-0.39, 0.29) is 12.0 Å². The number of nitriles is 1. The molecule has 6 heteroatoms. The molecule has 2 aromatic rings. The molecule has 1 N–H and O–H groups in total. The molecule has 2 heterocycles. The fourth-order valence-electron chi connectivity index (χ4n) is 2.84. The molecule has 0 aliphatic carbocycles. The molecule has 0 amide bonds. The topological polar surface area (TPSA) is 84.3 Å². The molecule has 0 unspecified atom stereocenters. The lowest BCUT2D eigenvalue weighted by Gasteiger charge is -2.22. The van der Waals surface area contributed by atoms with Gasteiger partial charge in [-0.05, 0) is 37.8 Å². The van der Waals surface area contributed by atoms with Crippen LogP contribution in [0.2, 0.25) is 0 Å². The number of aromatic nitrogens is 1. The van der Waals surface area contributed by atoms with E-state index in [0.717, 1.165) is 26.1 Å². The van der Waals surface area contributed by atoms with Gasteiger partial charge in [0.25, 0.3) is 0 Å². The molecule has 0 spiro atoms. The molecule has 0 saturated carbocycles. The molecule has 136 valence electrons. The Balaban J connectivity index is 1.67. The first-order chi connectivity index (χ1) is 12.7. The maximum atomic E-state index is 11.7. The van der Waals surface area contributed by atoms with Gasteiger partial charge in [0, 0.05) is 37.1 Å². The largest absolute Gasteiger partial charge is 0.493 e. The number of hydrogen-bond donors (Lipinski definition) is 1. The second-order valence-electron chi connectivity index (χ2n) is 6.41. The molecule has 6 nitrogen and oxygen atoms in total. The number of pyridine rings is 1. The molecule has 1 aromatic heterocycles. The third kappa shape index (κ3) is 4.64. The summed E-state index contributed by atoms with van der Waals surface area (Å²) in [6.07, 6.45) is 3.58. The van der Waals surface area contributed by atoms with E-state index in [1.54, 1.807) is 31.3 Å². The molecule has 1 aliphatic rings. The molecule has 1 fully saturated rings. The van der Waals surface area contributed by atoms with Crippen molar-refractivity contribution in [2.75, 3.05) is 19.8 Å². The van der Waals surface area contributed by atoms with E-state index in [0.29, 0.717) is 40.8 Å². The lowest BCUT2D eigenvalue weighted by atomic mass is 10.0. The van der Waals surface area contributed by atoms with Crippen molar-refractivity contribution >= 4 is 0 Å². The predicted molar refractivity (Wildman–Crippen MR) is 96.3 cm³/mol. The van der Waals surface area contributed by atoms with Crippen LogP contribution in [0.1, 0.15) is 29.7 Å². The van der Waals surface area contributed by atoms with Crippen LogP contribution in [-0.4, -0.2) is 24.8 Å². The Hall–Kier alpha value is -2.78. The molecular weight excluding hydrogens is 332 g/mol. The molecule has 26 heavy (non-hydrogen) atoms. The van der Waals surface area contributed by atoms with Gasteiger partial charge in [0.15, 0.2) is 5.43 Å². The van der Waals surface area contributed by atoms with Crippen molar-refractivity contribution in [2.24, 2.45) is 5.92 Å². The van der Waals surface area contributed by atoms with E-state index in [2.05, 4.69) is 11.1 Å². The second kappa shape index (κ2) is 8.54. The van der Waals surface area contributed by atoms with Crippen molar-refractivity contribution in [2.45, 2.75) is 26.4 Å². The molecule has 0 atom stereocenters. The fourth-order valence-corrected chi connectivity index (χ4v) is 2.84. The van der Waals surface area contributed by atoms with Gasteiger partial charge in [-0.1, -0.05) is 0 Å². The van der Waals surface area contributed by atoms with Gasteiger partial charge in [-0.25, -0.2) is 0 Å². The van der Waals surface area contributed by atoms with Crippen molar-refractivity contribution in [3.8, 4) is 17.6 Å². The van der Waals surface area contributed by atoms with Crippen molar-refractivity contribution in [3.05, 3.63) is 57.5 Å². The van der Waals surface area contributed by atoms with Gasteiger partial charge >= 0.3 is 0 Å². The number of nitrogens with one attached hydrogen (secondary N) is 1. The highest BCUT2D eigenvalue weighted by atomic mass is 16.5. The van der Waals surface area contributed by atoms with E-state index >= 15 is 0 Å². The summed E-state index contributed by atoms with van der Waals surface area (Å²) >= 11 is 0. The second-order valence-corrected chi connectivity index (χ2v) is 6.41. The normalized spacial score (nSPS) is 14.6. The van der Waals surface area contributed by atoms with Crippen LogP contribution in [0.15, 0.2) is 35.3 Å². The van der Waals surface area contributed by atoms with Gasteiger partial charge in [0.2, 0.25) is 0 Å². The Morgan fingerprint density at radius 3 is 2.69 bits per heavy atom. The van der Waals surface area contributed by atoms with Gasteiger partial charge in [0.05, 0.1) is 23.9 Å². The average Bonchev–Trinajstić information content (AvgIpc) is 2.68. The van der Waals surface area contributed by atoms with E-state index < -0.39 is 0 Å². The smallest absolute Gasteiger partial charge is 0.184 e. The van der Waals surface area contributed by atoms with Crippen molar-refractivity contribution < 1.29 is 14.2 Å². The van der Waals surface area contributed by atoms with Gasteiger partial charge in [0.1, 0.15) is 18.1 Å². The number of H-pyrrole nitrogens is 1. The van der Waals surface area contributed by atoms with Gasteiger partial charge in [-0.3, -0.25) is 4.79 Å². The minimum atomic E-state index is -0.0337. The van der Waals surface area contributed by atoms with E-state index in [1.807, 2.05) is 0 Å². The third-order valence-corrected chi connectivity index (χ3v) is 4.53. The lowest BCUT2D eigenvalue weighted by molar-refractivity contribution is 0.0497. The molecule has 1 aliphatic heterocycles. The first kappa shape index (κ1) is 18.0.